The molecule has 1 saturated heterocycles. The predicted molar refractivity (Wildman–Crippen MR) is 94.6 cm³/mol. The van der Waals surface area contributed by atoms with Crippen molar-refractivity contribution in [3.05, 3.63) is 28.6 Å². The van der Waals surface area contributed by atoms with Crippen LogP contribution in [0.3, 0.4) is 0 Å². The van der Waals surface area contributed by atoms with E-state index < -0.39 is 15.9 Å². The van der Waals surface area contributed by atoms with E-state index in [1.165, 1.54) is 16.6 Å². The van der Waals surface area contributed by atoms with Crippen LogP contribution in [0, 0.1) is 4.77 Å². The van der Waals surface area contributed by atoms with Crippen LogP contribution in [-0.2, 0) is 27.8 Å². The van der Waals surface area contributed by atoms with Gasteiger partial charge in [0.25, 0.3) is 5.91 Å². The van der Waals surface area contributed by atoms with Gasteiger partial charge < -0.3 is 19.6 Å². The molecule has 26 heavy (non-hydrogen) atoms. The van der Waals surface area contributed by atoms with Crippen LogP contribution in [-0.4, -0.2) is 64.7 Å². The topological polar surface area (TPSA) is 125 Å². The summed E-state index contributed by atoms with van der Waals surface area (Å²) in [5.41, 5.74) is 0.161. The largest absolute Gasteiger partial charge is 0.379 e. The molecule has 2 aromatic rings. The standard InChI is InChI=1S/C14H20N6O4S2/c1-2-20-12(17-18-14(20)25)9-16-13(21)11-7-10(8-15-11)26(22,23)19-3-5-24-6-4-19/h7-8,15H,2-6,9H2,1H3,(H,16,21)(H,18,25). The van der Waals surface area contributed by atoms with Crippen molar-refractivity contribution in [3.8, 4) is 0 Å². The highest BCUT2D eigenvalue weighted by atomic mass is 32.2. The summed E-state index contributed by atoms with van der Waals surface area (Å²) in [4.78, 5) is 15.1. The van der Waals surface area contributed by atoms with Gasteiger partial charge in [0, 0.05) is 25.8 Å². The molecule has 1 fully saturated rings. The molecular formula is C14H20N6O4S2. The average Bonchev–Trinajstić information content (AvgIpc) is 3.27. The zero-order valence-electron chi connectivity index (χ0n) is 14.2. The molecule has 3 heterocycles. The van der Waals surface area contributed by atoms with Gasteiger partial charge in [-0.2, -0.15) is 9.40 Å². The number of carbonyl (C=O) groups excluding carboxylic acids is 1. The normalized spacial score (nSPS) is 15.9. The van der Waals surface area contributed by atoms with Crippen molar-refractivity contribution < 1.29 is 17.9 Å². The average molecular weight is 400 g/mol. The van der Waals surface area contributed by atoms with E-state index in [-0.39, 0.29) is 17.1 Å². The van der Waals surface area contributed by atoms with Crippen LogP contribution in [0.1, 0.15) is 23.2 Å². The van der Waals surface area contributed by atoms with Crippen LogP contribution < -0.4 is 5.32 Å². The predicted octanol–water partition coefficient (Wildman–Crippen LogP) is 0.240. The SMILES string of the molecule is CCn1c(CNC(=O)c2cc(S(=O)(=O)N3CCOCC3)c[nH]2)n[nH]c1=S. The van der Waals surface area contributed by atoms with E-state index in [1.807, 2.05) is 6.92 Å². The van der Waals surface area contributed by atoms with E-state index in [1.54, 1.807) is 4.57 Å². The molecule has 10 nitrogen and oxygen atoms in total. The molecular weight excluding hydrogens is 380 g/mol. The molecule has 3 N–H and O–H groups in total. The van der Waals surface area contributed by atoms with Gasteiger partial charge in [-0.05, 0) is 25.2 Å². The van der Waals surface area contributed by atoms with Crippen molar-refractivity contribution in [2.45, 2.75) is 24.9 Å². The Morgan fingerprint density at radius 2 is 2.15 bits per heavy atom. The van der Waals surface area contributed by atoms with E-state index in [9.17, 15) is 13.2 Å². The van der Waals surface area contributed by atoms with Gasteiger partial charge in [0.2, 0.25) is 10.0 Å². The smallest absolute Gasteiger partial charge is 0.268 e. The summed E-state index contributed by atoms with van der Waals surface area (Å²) in [7, 11) is -3.64. The Hall–Kier alpha value is -2.02. The van der Waals surface area contributed by atoms with Gasteiger partial charge in [0.15, 0.2) is 10.6 Å². The Bertz CT molecular complexity index is 939. The minimum absolute atomic E-state index is 0.0563. The maximum absolute atomic E-state index is 12.6. The number of morpholine rings is 1. The Balaban J connectivity index is 1.68. The number of carbonyl (C=O) groups is 1. The lowest BCUT2D eigenvalue weighted by atomic mass is 10.4. The number of hydrogen-bond acceptors (Lipinski definition) is 6. The molecule has 1 aliphatic heterocycles. The molecule has 0 unspecified atom stereocenters. The number of aromatic amines is 2. The second-order valence-electron chi connectivity index (χ2n) is 5.64. The third-order valence-electron chi connectivity index (χ3n) is 4.07. The molecule has 2 aromatic heterocycles. The summed E-state index contributed by atoms with van der Waals surface area (Å²) in [5, 5.41) is 9.44. The molecule has 0 aliphatic carbocycles. The van der Waals surface area contributed by atoms with Gasteiger partial charge in [-0.15, -0.1) is 0 Å². The van der Waals surface area contributed by atoms with Crippen molar-refractivity contribution in [2.75, 3.05) is 26.3 Å². The van der Waals surface area contributed by atoms with Gasteiger partial charge in [-0.3, -0.25) is 9.89 Å². The third kappa shape index (κ3) is 3.72. The van der Waals surface area contributed by atoms with Gasteiger partial charge in [-0.1, -0.05) is 0 Å². The fourth-order valence-corrected chi connectivity index (χ4v) is 4.34. The van der Waals surface area contributed by atoms with Crippen LogP contribution in [0.2, 0.25) is 0 Å². The molecule has 1 aliphatic rings. The lowest BCUT2D eigenvalue weighted by molar-refractivity contribution is 0.0730. The van der Waals surface area contributed by atoms with Gasteiger partial charge in [0.05, 0.1) is 19.8 Å². The monoisotopic (exact) mass is 400 g/mol. The molecule has 0 bridgehead atoms. The van der Waals surface area contributed by atoms with E-state index >= 15 is 0 Å². The highest BCUT2D eigenvalue weighted by molar-refractivity contribution is 7.89. The first-order chi connectivity index (χ1) is 12.4. The van der Waals surface area contributed by atoms with Crippen molar-refractivity contribution in [2.24, 2.45) is 0 Å². The van der Waals surface area contributed by atoms with E-state index in [2.05, 4.69) is 20.5 Å². The van der Waals surface area contributed by atoms with Crippen molar-refractivity contribution >= 4 is 28.1 Å². The summed E-state index contributed by atoms with van der Waals surface area (Å²) < 4.78 is 33.9. The molecule has 0 aromatic carbocycles. The molecule has 0 atom stereocenters. The lowest BCUT2D eigenvalue weighted by Gasteiger charge is -2.25. The zero-order chi connectivity index (χ0) is 18.7. The summed E-state index contributed by atoms with van der Waals surface area (Å²) in [6.45, 7) is 4.05. The number of ether oxygens (including phenoxy) is 1. The highest BCUT2D eigenvalue weighted by Crippen LogP contribution is 2.18. The number of hydrogen-bond donors (Lipinski definition) is 3. The molecule has 0 saturated carbocycles. The molecule has 142 valence electrons. The number of sulfonamides is 1. The van der Waals surface area contributed by atoms with Crippen LogP contribution in [0.5, 0.6) is 0 Å². The maximum Gasteiger partial charge on any atom is 0.268 e. The second kappa shape index (κ2) is 7.70. The maximum atomic E-state index is 12.6. The first-order valence-electron chi connectivity index (χ1n) is 8.12. The molecule has 0 spiro atoms. The molecule has 0 radical (unpaired) electrons. The fraction of sp³-hybridized carbons (Fsp3) is 0.500. The zero-order valence-corrected chi connectivity index (χ0v) is 15.8. The summed E-state index contributed by atoms with van der Waals surface area (Å²) in [5.74, 6) is 0.170. The van der Waals surface area contributed by atoms with E-state index in [4.69, 9.17) is 17.0 Å². The molecule has 3 rings (SSSR count). The minimum Gasteiger partial charge on any atom is -0.379 e. The van der Waals surface area contributed by atoms with Crippen LogP contribution in [0.15, 0.2) is 17.2 Å². The third-order valence-corrected chi connectivity index (χ3v) is 6.26. The second-order valence-corrected chi connectivity index (χ2v) is 7.96. The molecule has 1 amide bonds. The highest BCUT2D eigenvalue weighted by Gasteiger charge is 2.28. The Labute approximate surface area is 155 Å². The minimum atomic E-state index is -3.64. The lowest BCUT2D eigenvalue weighted by Crippen LogP contribution is -2.40. The van der Waals surface area contributed by atoms with Gasteiger partial charge in [-0.25, -0.2) is 8.42 Å². The van der Waals surface area contributed by atoms with Crippen molar-refractivity contribution in [1.82, 2.24) is 29.4 Å². The van der Waals surface area contributed by atoms with E-state index in [0.717, 1.165) is 0 Å². The number of nitrogens with one attached hydrogen (secondary N) is 3. The number of rotatable bonds is 6. The Morgan fingerprint density at radius 3 is 2.85 bits per heavy atom. The first-order valence-corrected chi connectivity index (χ1v) is 9.97. The first kappa shape index (κ1) is 18.8. The van der Waals surface area contributed by atoms with Gasteiger partial charge in [0.1, 0.15) is 10.6 Å². The Morgan fingerprint density at radius 1 is 1.42 bits per heavy atom. The molecule has 12 heteroatoms. The number of aromatic nitrogens is 4. The summed E-state index contributed by atoms with van der Waals surface area (Å²) >= 11 is 5.10. The quantitative estimate of drug-likeness (QED) is 0.597. The number of H-pyrrole nitrogens is 2. The fourth-order valence-electron chi connectivity index (χ4n) is 2.66. The summed E-state index contributed by atoms with van der Waals surface area (Å²) in [6, 6.07) is 1.33. The van der Waals surface area contributed by atoms with Gasteiger partial charge >= 0.3 is 0 Å². The van der Waals surface area contributed by atoms with Crippen LogP contribution in [0.25, 0.3) is 0 Å². The number of nitrogens with zero attached hydrogens (tertiary/aromatic N) is 3. The summed E-state index contributed by atoms with van der Waals surface area (Å²) in [6.07, 6.45) is 1.32. The van der Waals surface area contributed by atoms with Crippen LogP contribution >= 0.6 is 12.2 Å². The Kier molecular flexibility index (Phi) is 5.55. The van der Waals surface area contributed by atoms with Crippen molar-refractivity contribution in [1.29, 1.82) is 0 Å². The number of amides is 1. The van der Waals surface area contributed by atoms with Crippen LogP contribution in [0.4, 0.5) is 0 Å². The van der Waals surface area contributed by atoms with Crippen molar-refractivity contribution in [3.63, 3.8) is 0 Å². The van der Waals surface area contributed by atoms with E-state index in [0.29, 0.717) is 43.4 Å².